The first-order valence-electron chi connectivity index (χ1n) is 5.05. The lowest BCUT2D eigenvalue weighted by Gasteiger charge is -2.36. The van der Waals surface area contributed by atoms with Crippen LogP contribution in [0.4, 0.5) is 5.69 Å². The van der Waals surface area contributed by atoms with E-state index in [0.29, 0.717) is 11.3 Å². The topological polar surface area (TPSA) is 83.6 Å². The third-order valence-electron chi connectivity index (χ3n) is 2.69. The number of halogens is 1. The Morgan fingerprint density at radius 2 is 2.00 bits per heavy atom. The molecule has 3 N–H and O–H groups in total. The number of anilines is 1. The van der Waals surface area contributed by atoms with Crippen LogP contribution in [0.25, 0.3) is 0 Å². The van der Waals surface area contributed by atoms with Gasteiger partial charge in [-0.2, -0.15) is 0 Å². The molecule has 0 radical (unpaired) electrons. The van der Waals surface area contributed by atoms with Crippen LogP contribution in [0.3, 0.4) is 0 Å². The van der Waals surface area contributed by atoms with E-state index in [9.17, 15) is 9.59 Å². The monoisotopic (exact) mass is 346 g/mol. The summed E-state index contributed by atoms with van der Waals surface area (Å²) in [4.78, 5) is 24.1. The highest BCUT2D eigenvalue weighted by atomic mass is 127. The Hall–Kier alpha value is -1.31. The van der Waals surface area contributed by atoms with Crippen LogP contribution in [-0.2, 0) is 4.79 Å². The number of amides is 1. The number of nitrogens with two attached hydrogens (primary N) is 1. The number of carboxylic acid groups (broad SMARTS) is 1. The van der Waals surface area contributed by atoms with Crippen LogP contribution in [0.2, 0.25) is 0 Å². The molecule has 1 heterocycles. The normalized spacial score (nSPS) is 15.5. The van der Waals surface area contributed by atoms with Gasteiger partial charge in [-0.1, -0.05) is 0 Å². The van der Waals surface area contributed by atoms with E-state index in [-0.39, 0.29) is 19.0 Å². The van der Waals surface area contributed by atoms with E-state index in [2.05, 4.69) is 22.6 Å². The molecule has 6 heteroatoms. The lowest BCUT2D eigenvalue weighted by atomic mass is 9.99. The zero-order chi connectivity index (χ0) is 12.6. The summed E-state index contributed by atoms with van der Waals surface area (Å²) >= 11 is 2.09. The fraction of sp³-hybridized carbons (Fsp3) is 0.273. The smallest absolute Gasteiger partial charge is 0.310 e. The minimum absolute atomic E-state index is 0.160. The summed E-state index contributed by atoms with van der Waals surface area (Å²) in [7, 11) is 0. The van der Waals surface area contributed by atoms with Gasteiger partial charge in [0.15, 0.2) is 0 Å². The van der Waals surface area contributed by atoms with E-state index < -0.39 is 11.9 Å². The van der Waals surface area contributed by atoms with E-state index in [1.165, 1.54) is 4.90 Å². The molecule has 1 aliphatic rings. The molecule has 90 valence electrons. The Balaban J connectivity index is 2.09. The molecular formula is C11H11IN2O3. The molecule has 1 amide bonds. The zero-order valence-electron chi connectivity index (χ0n) is 8.89. The lowest BCUT2D eigenvalue weighted by molar-refractivity contribution is -0.146. The van der Waals surface area contributed by atoms with Gasteiger partial charge in [-0.15, -0.1) is 0 Å². The number of carbonyl (C=O) groups excluding carboxylic acids is 1. The third-order valence-corrected chi connectivity index (χ3v) is 3.31. The van der Waals surface area contributed by atoms with Crippen molar-refractivity contribution in [1.29, 1.82) is 0 Å². The molecule has 2 rings (SSSR count). The van der Waals surface area contributed by atoms with Gasteiger partial charge in [0.1, 0.15) is 0 Å². The molecular weight excluding hydrogens is 335 g/mol. The number of rotatable bonds is 2. The van der Waals surface area contributed by atoms with Crippen LogP contribution in [0.5, 0.6) is 0 Å². The molecule has 0 saturated carbocycles. The number of nitrogen functional groups attached to an aromatic ring is 1. The van der Waals surface area contributed by atoms with Crippen molar-refractivity contribution >= 4 is 40.2 Å². The molecule has 0 bridgehead atoms. The zero-order valence-corrected chi connectivity index (χ0v) is 11.0. The lowest BCUT2D eigenvalue weighted by Crippen LogP contribution is -2.53. The molecule has 0 unspecified atom stereocenters. The van der Waals surface area contributed by atoms with Crippen LogP contribution in [0.15, 0.2) is 18.2 Å². The highest BCUT2D eigenvalue weighted by molar-refractivity contribution is 14.1. The second-order valence-electron chi connectivity index (χ2n) is 4.02. The molecule has 1 aromatic rings. The van der Waals surface area contributed by atoms with E-state index in [4.69, 9.17) is 10.8 Å². The number of benzene rings is 1. The third kappa shape index (κ3) is 2.51. The summed E-state index contributed by atoms with van der Waals surface area (Å²) in [6.07, 6.45) is 0. The number of hydrogen-bond acceptors (Lipinski definition) is 3. The molecule has 0 aromatic heterocycles. The maximum Gasteiger partial charge on any atom is 0.310 e. The molecule has 1 fully saturated rings. The number of hydrogen-bond donors (Lipinski definition) is 2. The van der Waals surface area contributed by atoms with Crippen LogP contribution in [-0.4, -0.2) is 35.0 Å². The molecule has 17 heavy (non-hydrogen) atoms. The van der Waals surface area contributed by atoms with Crippen LogP contribution in [0, 0.1) is 9.49 Å². The van der Waals surface area contributed by atoms with Gasteiger partial charge >= 0.3 is 5.97 Å². The fourth-order valence-corrected chi connectivity index (χ4v) is 2.41. The summed E-state index contributed by atoms with van der Waals surface area (Å²) in [5.41, 5.74) is 6.71. The molecule has 1 aromatic carbocycles. The molecule has 0 aliphatic carbocycles. The van der Waals surface area contributed by atoms with Crippen molar-refractivity contribution in [3.05, 3.63) is 27.3 Å². The van der Waals surface area contributed by atoms with Gasteiger partial charge < -0.3 is 15.7 Å². The number of nitrogens with zero attached hydrogens (tertiary/aromatic N) is 1. The minimum Gasteiger partial charge on any atom is -0.481 e. The van der Waals surface area contributed by atoms with Crippen molar-refractivity contribution in [2.24, 2.45) is 5.92 Å². The van der Waals surface area contributed by atoms with Gasteiger partial charge in [-0.25, -0.2) is 0 Å². The molecule has 1 aliphatic heterocycles. The second-order valence-corrected chi connectivity index (χ2v) is 5.26. The predicted molar refractivity (Wildman–Crippen MR) is 70.6 cm³/mol. The van der Waals surface area contributed by atoms with Gasteiger partial charge in [0.2, 0.25) is 0 Å². The summed E-state index contributed by atoms with van der Waals surface area (Å²) in [5, 5.41) is 8.73. The standard InChI is InChI=1S/C11H11IN2O3/c12-8-1-6(2-9(13)3-8)10(15)14-4-7(5-14)11(16)17/h1-3,7H,4-5,13H2,(H,16,17). The molecule has 0 atom stereocenters. The summed E-state index contributed by atoms with van der Waals surface area (Å²) in [6, 6.07) is 5.12. The Labute approximate surface area is 112 Å². The Kier molecular flexibility index (Phi) is 3.23. The number of aliphatic carboxylic acids is 1. The van der Waals surface area contributed by atoms with Crippen molar-refractivity contribution < 1.29 is 14.7 Å². The average Bonchev–Trinajstić information content (AvgIpc) is 2.12. The van der Waals surface area contributed by atoms with Crippen molar-refractivity contribution in [2.45, 2.75) is 0 Å². The highest BCUT2D eigenvalue weighted by Crippen LogP contribution is 2.21. The molecule has 5 nitrogen and oxygen atoms in total. The van der Waals surface area contributed by atoms with E-state index in [1.807, 2.05) is 0 Å². The van der Waals surface area contributed by atoms with E-state index in [1.54, 1.807) is 18.2 Å². The van der Waals surface area contributed by atoms with Crippen LogP contribution in [0.1, 0.15) is 10.4 Å². The number of carboxylic acids is 1. The van der Waals surface area contributed by atoms with Gasteiger partial charge in [0.25, 0.3) is 5.91 Å². The summed E-state index contributed by atoms with van der Waals surface area (Å²) in [6.45, 7) is 0.555. The van der Waals surface area contributed by atoms with Crippen molar-refractivity contribution in [3.63, 3.8) is 0 Å². The number of carbonyl (C=O) groups is 2. The van der Waals surface area contributed by atoms with Crippen molar-refractivity contribution in [2.75, 3.05) is 18.8 Å². The maximum absolute atomic E-state index is 12.0. The first-order valence-corrected chi connectivity index (χ1v) is 6.13. The van der Waals surface area contributed by atoms with Gasteiger partial charge in [-0.3, -0.25) is 9.59 Å². The number of likely N-dealkylation sites (tertiary alicyclic amines) is 1. The van der Waals surface area contributed by atoms with E-state index >= 15 is 0 Å². The Morgan fingerprint density at radius 3 is 2.53 bits per heavy atom. The van der Waals surface area contributed by atoms with Gasteiger partial charge in [-0.05, 0) is 40.8 Å². The van der Waals surface area contributed by atoms with E-state index in [0.717, 1.165) is 3.57 Å². The summed E-state index contributed by atoms with van der Waals surface area (Å²) in [5.74, 6) is -1.44. The van der Waals surface area contributed by atoms with Gasteiger partial charge in [0, 0.05) is 27.9 Å². The second kappa shape index (κ2) is 4.52. The first kappa shape index (κ1) is 12.2. The Bertz CT molecular complexity index is 463. The first-order chi connectivity index (χ1) is 7.97. The SMILES string of the molecule is Nc1cc(I)cc(C(=O)N2CC(C(=O)O)C2)c1. The van der Waals surface area contributed by atoms with Gasteiger partial charge in [0.05, 0.1) is 5.92 Å². The average molecular weight is 346 g/mol. The van der Waals surface area contributed by atoms with Crippen LogP contribution >= 0.6 is 22.6 Å². The predicted octanol–water partition coefficient (Wildman–Crippen LogP) is 1.03. The fourth-order valence-electron chi connectivity index (χ4n) is 1.72. The summed E-state index contributed by atoms with van der Waals surface area (Å²) < 4.78 is 0.890. The largest absolute Gasteiger partial charge is 0.481 e. The highest BCUT2D eigenvalue weighted by Gasteiger charge is 2.35. The Morgan fingerprint density at radius 1 is 1.35 bits per heavy atom. The molecule has 0 spiro atoms. The van der Waals surface area contributed by atoms with Crippen LogP contribution < -0.4 is 5.73 Å². The van der Waals surface area contributed by atoms with Crippen molar-refractivity contribution in [3.8, 4) is 0 Å². The van der Waals surface area contributed by atoms with Crippen molar-refractivity contribution in [1.82, 2.24) is 4.90 Å². The minimum atomic E-state index is -0.851. The quantitative estimate of drug-likeness (QED) is 0.619. The molecule has 1 saturated heterocycles. The maximum atomic E-state index is 12.0.